The molecule has 27 heavy (non-hydrogen) atoms. The molecule has 4 heterocycles. The Morgan fingerprint density at radius 3 is 2.78 bits per heavy atom. The number of nitrogens with one attached hydrogen (secondary N) is 2. The predicted molar refractivity (Wildman–Crippen MR) is 104 cm³/mol. The third kappa shape index (κ3) is 3.81. The third-order valence-electron chi connectivity index (χ3n) is 4.61. The van der Waals surface area contributed by atoms with E-state index in [9.17, 15) is 4.39 Å². The maximum Gasteiger partial charge on any atom is 0.223 e. The molecule has 1 fully saturated rings. The fraction of sp³-hybridized carbons (Fsp3) is 0.368. The number of thiazole rings is 1. The lowest BCUT2D eigenvalue weighted by molar-refractivity contribution is 0.510. The summed E-state index contributed by atoms with van der Waals surface area (Å²) >= 11 is 1.60. The zero-order valence-electron chi connectivity index (χ0n) is 15.2. The molecular formula is C19H21FN6S. The van der Waals surface area contributed by atoms with Crippen LogP contribution in [0.4, 0.5) is 10.3 Å². The van der Waals surface area contributed by atoms with Gasteiger partial charge < -0.3 is 10.6 Å². The summed E-state index contributed by atoms with van der Waals surface area (Å²) in [7, 11) is 0. The summed E-state index contributed by atoms with van der Waals surface area (Å²) in [4.78, 5) is 17.6. The fourth-order valence-corrected chi connectivity index (χ4v) is 4.05. The zero-order valence-corrected chi connectivity index (χ0v) is 16.1. The highest BCUT2D eigenvalue weighted by atomic mass is 32.1. The molecule has 6 nitrogen and oxygen atoms in total. The second-order valence-corrected chi connectivity index (χ2v) is 7.96. The Hall–Kier alpha value is -2.45. The molecule has 140 valence electrons. The van der Waals surface area contributed by atoms with Gasteiger partial charge in [-0.2, -0.15) is 0 Å². The molecule has 1 aliphatic rings. The van der Waals surface area contributed by atoms with Gasteiger partial charge in [0.05, 0.1) is 17.3 Å². The molecule has 0 bridgehead atoms. The highest BCUT2D eigenvalue weighted by Crippen LogP contribution is 2.30. The highest BCUT2D eigenvalue weighted by molar-refractivity contribution is 7.13. The lowest BCUT2D eigenvalue weighted by atomic mass is 9.99. The van der Waals surface area contributed by atoms with Crippen LogP contribution in [-0.4, -0.2) is 26.5 Å². The van der Waals surface area contributed by atoms with Crippen molar-refractivity contribution in [1.29, 1.82) is 0 Å². The molecule has 1 saturated heterocycles. The second-order valence-electron chi connectivity index (χ2n) is 7.11. The van der Waals surface area contributed by atoms with E-state index in [0.29, 0.717) is 17.7 Å². The number of anilines is 1. The van der Waals surface area contributed by atoms with Crippen molar-refractivity contribution in [2.45, 2.75) is 38.3 Å². The molecule has 2 N–H and O–H groups in total. The van der Waals surface area contributed by atoms with E-state index in [1.54, 1.807) is 36.0 Å². The predicted octanol–water partition coefficient (Wildman–Crippen LogP) is 3.91. The van der Waals surface area contributed by atoms with Crippen molar-refractivity contribution in [3.8, 4) is 10.6 Å². The summed E-state index contributed by atoms with van der Waals surface area (Å²) in [6.45, 7) is 4.74. The van der Waals surface area contributed by atoms with Gasteiger partial charge in [-0.3, -0.25) is 4.98 Å². The van der Waals surface area contributed by atoms with Crippen LogP contribution in [0.1, 0.15) is 44.1 Å². The van der Waals surface area contributed by atoms with Crippen LogP contribution in [0.15, 0.2) is 36.1 Å². The van der Waals surface area contributed by atoms with Gasteiger partial charge >= 0.3 is 0 Å². The van der Waals surface area contributed by atoms with E-state index in [1.807, 2.05) is 13.8 Å². The van der Waals surface area contributed by atoms with Crippen LogP contribution in [-0.2, 0) is 5.54 Å². The van der Waals surface area contributed by atoms with Crippen molar-refractivity contribution in [2.24, 2.45) is 0 Å². The molecule has 0 spiro atoms. The highest BCUT2D eigenvalue weighted by Gasteiger charge is 2.26. The topological polar surface area (TPSA) is 75.6 Å². The van der Waals surface area contributed by atoms with Crippen LogP contribution in [0.2, 0.25) is 0 Å². The first kappa shape index (κ1) is 17.9. The molecule has 0 aliphatic carbocycles. The number of hydrogen-bond donors (Lipinski definition) is 2. The van der Waals surface area contributed by atoms with Crippen molar-refractivity contribution in [1.82, 2.24) is 25.3 Å². The van der Waals surface area contributed by atoms with Crippen molar-refractivity contribution in [3.63, 3.8) is 0 Å². The van der Waals surface area contributed by atoms with Crippen LogP contribution in [0.5, 0.6) is 0 Å². The summed E-state index contributed by atoms with van der Waals surface area (Å²) in [5.74, 6) is 0.0606. The van der Waals surface area contributed by atoms with Gasteiger partial charge in [0.25, 0.3) is 0 Å². The minimum Gasteiger partial charge on any atom is -0.344 e. The van der Waals surface area contributed by atoms with Gasteiger partial charge in [-0.15, -0.1) is 11.3 Å². The van der Waals surface area contributed by atoms with Crippen LogP contribution >= 0.6 is 11.3 Å². The number of rotatable bonds is 5. The van der Waals surface area contributed by atoms with Crippen LogP contribution in [0, 0.1) is 5.82 Å². The van der Waals surface area contributed by atoms with E-state index in [0.717, 1.165) is 29.2 Å². The van der Waals surface area contributed by atoms with Crippen molar-refractivity contribution < 1.29 is 4.39 Å². The monoisotopic (exact) mass is 384 g/mol. The molecular weight excluding hydrogens is 363 g/mol. The van der Waals surface area contributed by atoms with Gasteiger partial charge in [0.1, 0.15) is 16.5 Å². The molecule has 0 amide bonds. The van der Waals surface area contributed by atoms with E-state index in [2.05, 4.69) is 31.0 Å². The molecule has 8 heteroatoms. The number of aromatic nitrogens is 4. The van der Waals surface area contributed by atoms with E-state index >= 15 is 0 Å². The Morgan fingerprint density at radius 1 is 1.26 bits per heavy atom. The largest absolute Gasteiger partial charge is 0.344 e. The number of pyridine rings is 1. The second kappa shape index (κ2) is 7.28. The van der Waals surface area contributed by atoms with Crippen molar-refractivity contribution >= 4 is 17.3 Å². The first-order valence-corrected chi connectivity index (χ1v) is 9.81. The first-order chi connectivity index (χ1) is 13.0. The number of hydrogen-bond acceptors (Lipinski definition) is 7. The summed E-state index contributed by atoms with van der Waals surface area (Å²) in [5, 5.41) is 9.61. The van der Waals surface area contributed by atoms with Crippen LogP contribution in [0.3, 0.4) is 0 Å². The molecule has 1 atom stereocenters. The zero-order chi connectivity index (χ0) is 18.9. The molecule has 3 aromatic rings. The summed E-state index contributed by atoms with van der Waals surface area (Å²) < 4.78 is 14.0. The normalized spacial score (nSPS) is 17.2. The summed E-state index contributed by atoms with van der Waals surface area (Å²) in [6, 6.07) is 3.32. The third-order valence-corrected chi connectivity index (χ3v) is 5.52. The Labute approximate surface area is 161 Å². The van der Waals surface area contributed by atoms with Gasteiger partial charge in [0.15, 0.2) is 0 Å². The quantitative estimate of drug-likeness (QED) is 0.695. The molecule has 1 aliphatic heterocycles. The number of halogens is 1. The van der Waals surface area contributed by atoms with Crippen molar-refractivity contribution in [2.75, 3.05) is 11.9 Å². The molecule has 4 rings (SSSR count). The van der Waals surface area contributed by atoms with E-state index in [4.69, 9.17) is 4.98 Å². The SMILES string of the molecule is CC(C)(Nc1ncc(-c2nc([C@@H]3CCCN3)cs2)cn1)c1ncccc1F. The Bertz CT molecular complexity index is 918. The Balaban J connectivity index is 1.50. The summed E-state index contributed by atoms with van der Waals surface area (Å²) in [5.41, 5.74) is 1.54. The van der Waals surface area contributed by atoms with Gasteiger partial charge in [-0.25, -0.2) is 19.3 Å². The standard InChI is InChI=1S/C19H21FN6S/c1-19(2,16-13(20)5-3-8-22-16)26-18-23-9-12(10-24-18)17-25-15(11-27-17)14-6-4-7-21-14/h3,5,8-11,14,21H,4,6-7H2,1-2H3,(H,23,24,26)/t14-/m0/s1. The first-order valence-electron chi connectivity index (χ1n) is 8.93. The minimum atomic E-state index is -0.741. The fourth-order valence-electron chi connectivity index (χ4n) is 3.20. The van der Waals surface area contributed by atoms with Crippen LogP contribution in [0.25, 0.3) is 10.6 Å². The van der Waals surface area contributed by atoms with Gasteiger partial charge in [0.2, 0.25) is 5.95 Å². The number of nitrogens with zero attached hydrogens (tertiary/aromatic N) is 4. The van der Waals surface area contributed by atoms with E-state index in [1.165, 1.54) is 12.5 Å². The molecule has 0 radical (unpaired) electrons. The van der Waals surface area contributed by atoms with Gasteiger partial charge in [-0.05, 0) is 45.4 Å². The maximum absolute atomic E-state index is 14.0. The average Bonchev–Trinajstić information content (AvgIpc) is 3.34. The minimum absolute atomic E-state index is 0.325. The molecule has 0 saturated carbocycles. The van der Waals surface area contributed by atoms with Crippen molar-refractivity contribution in [3.05, 3.63) is 53.3 Å². The van der Waals surface area contributed by atoms with Gasteiger partial charge in [0, 0.05) is 29.5 Å². The Morgan fingerprint density at radius 2 is 2.07 bits per heavy atom. The molecule has 3 aromatic heterocycles. The molecule has 0 aromatic carbocycles. The van der Waals surface area contributed by atoms with Gasteiger partial charge in [-0.1, -0.05) is 0 Å². The smallest absolute Gasteiger partial charge is 0.223 e. The lowest BCUT2D eigenvalue weighted by Crippen LogP contribution is -2.31. The average molecular weight is 384 g/mol. The van der Waals surface area contributed by atoms with E-state index < -0.39 is 5.54 Å². The Kier molecular flexibility index (Phi) is 4.84. The molecule has 0 unspecified atom stereocenters. The van der Waals surface area contributed by atoms with E-state index in [-0.39, 0.29) is 5.82 Å². The van der Waals surface area contributed by atoms with Crippen LogP contribution < -0.4 is 10.6 Å². The maximum atomic E-state index is 14.0. The summed E-state index contributed by atoms with van der Waals surface area (Å²) in [6.07, 6.45) is 7.37. The lowest BCUT2D eigenvalue weighted by Gasteiger charge is -2.25.